The van der Waals surface area contributed by atoms with Crippen LogP contribution in [-0.2, 0) is 0 Å². The molecule has 1 aromatic heterocycles. The number of nitrogens with one attached hydrogen (secondary N) is 1. The van der Waals surface area contributed by atoms with Gasteiger partial charge in [0.05, 0.1) is 12.4 Å². The number of hydrogen-bond donors (Lipinski definition) is 1. The number of carbonyl (C=O) groups is 2. The number of rotatable bonds is 3. The second-order valence-corrected chi connectivity index (χ2v) is 4.85. The van der Waals surface area contributed by atoms with Crippen molar-refractivity contribution < 1.29 is 9.59 Å². The van der Waals surface area contributed by atoms with Gasteiger partial charge in [-0.3, -0.25) is 14.6 Å². The molecule has 1 heterocycles. The minimum absolute atomic E-state index is 0.103. The van der Waals surface area contributed by atoms with E-state index >= 15 is 0 Å². The Hall–Kier alpha value is -2.47. The zero-order valence-electron chi connectivity index (χ0n) is 11.5. The van der Waals surface area contributed by atoms with E-state index in [2.05, 4.69) is 15.3 Å². The molecule has 2 rings (SSSR count). The maximum atomic E-state index is 11.9. The van der Waals surface area contributed by atoms with Crippen LogP contribution in [0.15, 0.2) is 36.7 Å². The van der Waals surface area contributed by atoms with E-state index < -0.39 is 5.91 Å². The molecule has 0 saturated heterocycles. The molecule has 0 atom stereocenters. The molecular weight excluding hydrogens is 292 g/mol. The van der Waals surface area contributed by atoms with E-state index in [-0.39, 0.29) is 16.8 Å². The summed E-state index contributed by atoms with van der Waals surface area (Å²) in [5.74, 6) is -0.523. The summed E-state index contributed by atoms with van der Waals surface area (Å²) >= 11 is 5.68. The van der Waals surface area contributed by atoms with E-state index in [0.29, 0.717) is 11.3 Å². The molecule has 6 nitrogen and oxygen atoms in total. The van der Waals surface area contributed by atoms with Gasteiger partial charge in [-0.15, -0.1) is 0 Å². The molecule has 2 amide bonds. The van der Waals surface area contributed by atoms with Gasteiger partial charge >= 0.3 is 0 Å². The molecule has 0 bridgehead atoms. The summed E-state index contributed by atoms with van der Waals surface area (Å²) in [7, 11) is 3.35. The largest absolute Gasteiger partial charge is 0.345 e. The maximum absolute atomic E-state index is 11.9. The summed E-state index contributed by atoms with van der Waals surface area (Å²) in [5, 5.41) is 2.80. The summed E-state index contributed by atoms with van der Waals surface area (Å²) in [4.78, 5) is 32.8. The molecular formula is C14H13ClN4O2. The fourth-order valence-electron chi connectivity index (χ4n) is 1.60. The predicted molar refractivity (Wildman–Crippen MR) is 79.5 cm³/mol. The molecule has 0 aliphatic heterocycles. The first-order chi connectivity index (χ1) is 9.97. The van der Waals surface area contributed by atoms with Crippen LogP contribution in [0.25, 0.3) is 0 Å². The van der Waals surface area contributed by atoms with Crippen LogP contribution in [-0.4, -0.2) is 40.8 Å². The SMILES string of the molecule is CN(C)C(=O)c1ccc(NC(=O)c2cncc(Cl)n2)cc1. The van der Waals surface area contributed by atoms with Gasteiger partial charge < -0.3 is 10.2 Å². The molecule has 0 fully saturated rings. The van der Waals surface area contributed by atoms with Gasteiger partial charge in [0, 0.05) is 25.3 Å². The first-order valence-corrected chi connectivity index (χ1v) is 6.46. The smallest absolute Gasteiger partial charge is 0.275 e. The minimum Gasteiger partial charge on any atom is -0.345 e. The number of nitrogens with zero attached hydrogens (tertiary/aromatic N) is 3. The second-order valence-electron chi connectivity index (χ2n) is 4.46. The lowest BCUT2D eigenvalue weighted by molar-refractivity contribution is 0.0827. The fourth-order valence-corrected chi connectivity index (χ4v) is 1.75. The number of amides is 2. The molecule has 21 heavy (non-hydrogen) atoms. The minimum atomic E-state index is -0.420. The lowest BCUT2D eigenvalue weighted by atomic mass is 10.2. The third-order valence-corrected chi connectivity index (χ3v) is 2.82. The Kier molecular flexibility index (Phi) is 4.49. The second kappa shape index (κ2) is 6.32. The van der Waals surface area contributed by atoms with Gasteiger partial charge in [-0.05, 0) is 24.3 Å². The number of carbonyl (C=O) groups excluding carboxylic acids is 2. The van der Waals surface area contributed by atoms with Crippen molar-refractivity contribution in [2.75, 3.05) is 19.4 Å². The van der Waals surface area contributed by atoms with E-state index in [4.69, 9.17) is 11.6 Å². The first kappa shape index (κ1) is 14.9. The fraction of sp³-hybridized carbons (Fsp3) is 0.143. The van der Waals surface area contributed by atoms with Crippen LogP contribution in [0.4, 0.5) is 5.69 Å². The van der Waals surface area contributed by atoms with Crippen molar-refractivity contribution in [2.24, 2.45) is 0 Å². The lowest BCUT2D eigenvalue weighted by Crippen LogP contribution is -2.21. The zero-order chi connectivity index (χ0) is 15.4. The quantitative estimate of drug-likeness (QED) is 0.942. The predicted octanol–water partition coefficient (Wildman–Crippen LogP) is 2.08. The van der Waals surface area contributed by atoms with Crippen LogP contribution in [0.5, 0.6) is 0 Å². The molecule has 0 spiro atoms. The Labute approximate surface area is 126 Å². The molecule has 7 heteroatoms. The summed E-state index contributed by atoms with van der Waals surface area (Å²) in [6, 6.07) is 6.57. The third-order valence-electron chi connectivity index (χ3n) is 2.63. The van der Waals surface area contributed by atoms with E-state index in [1.54, 1.807) is 38.4 Å². The molecule has 1 aromatic carbocycles. The van der Waals surface area contributed by atoms with E-state index in [0.717, 1.165) is 0 Å². The van der Waals surface area contributed by atoms with Crippen molar-refractivity contribution in [3.8, 4) is 0 Å². The monoisotopic (exact) mass is 304 g/mol. The average molecular weight is 305 g/mol. The van der Waals surface area contributed by atoms with Crippen LogP contribution in [0.1, 0.15) is 20.8 Å². The topological polar surface area (TPSA) is 75.2 Å². The lowest BCUT2D eigenvalue weighted by Gasteiger charge is -2.10. The highest BCUT2D eigenvalue weighted by atomic mass is 35.5. The molecule has 1 N–H and O–H groups in total. The Balaban J connectivity index is 2.10. The highest BCUT2D eigenvalue weighted by Crippen LogP contribution is 2.12. The summed E-state index contributed by atoms with van der Waals surface area (Å²) in [5.41, 5.74) is 1.22. The normalized spacial score (nSPS) is 10.0. The van der Waals surface area contributed by atoms with Gasteiger partial charge in [-0.1, -0.05) is 11.6 Å². The molecule has 0 saturated carbocycles. The Morgan fingerprint density at radius 2 is 1.81 bits per heavy atom. The van der Waals surface area contributed by atoms with Gasteiger partial charge in [0.15, 0.2) is 0 Å². The standard InChI is InChI=1S/C14H13ClN4O2/c1-19(2)14(21)9-3-5-10(6-4-9)17-13(20)11-7-16-8-12(15)18-11/h3-8H,1-2H3,(H,17,20). The Morgan fingerprint density at radius 3 is 2.38 bits per heavy atom. The third kappa shape index (κ3) is 3.76. The molecule has 0 radical (unpaired) electrons. The molecule has 108 valence electrons. The highest BCUT2D eigenvalue weighted by Gasteiger charge is 2.10. The van der Waals surface area contributed by atoms with Crippen molar-refractivity contribution in [2.45, 2.75) is 0 Å². The number of halogens is 1. The summed E-state index contributed by atoms with van der Waals surface area (Å²) < 4.78 is 0. The molecule has 2 aromatic rings. The Morgan fingerprint density at radius 1 is 1.14 bits per heavy atom. The highest BCUT2D eigenvalue weighted by molar-refractivity contribution is 6.29. The van der Waals surface area contributed by atoms with Gasteiger partial charge in [0.2, 0.25) is 0 Å². The van der Waals surface area contributed by atoms with E-state index in [9.17, 15) is 9.59 Å². The Bertz CT molecular complexity index is 671. The maximum Gasteiger partial charge on any atom is 0.275 e. The van der Waals surface area contributed by atoms with Gasteiger partial charge in [-0.25, -0.2) is 4.98 Å². The number of hydrogen-bond acceptors (Lipinski definition) is 4. The van der Waals surface area contributed by atoms with Crippen molar-refractivity contribution in [3.63, 3.8) is 0 Å². The van der Waals surface area contributed by atoms with Crippen LogP contribution in [0.3, 0.4) is 0 Å². The van der Waals surface area contributed by atoms with Gasteiger partial charge in [0.1, 0.15) is 10.8 Å². The number of aromatic nitrogens is 2. The molecule has 0 aliphatic rings. The van der Waals surface area contributed by atoms with E-state index in [1.165, 1.54) is 17.3 Å². The van der Waals surface area contributed by atoms with Crippen LogP contribution >= 0.6 is 11.6 Å². The number of benzene rings is 1. The van der Waals surface area contributed by atoms with Crippen LogP contribution in [0.2, 0.25) is 5.15 Å². The summed E-state index contributed by atoms with van der Waals surface area (Å²) in [6.45, 7) is 0. The van der Waals surface area contributed by atoms with Crippen molar-refractivity contribution >= 4 is 29.1 Å². The molecule has 0 unspecified atom stereocenters. The van der Waals surface area contributed by atoms with E-state index in [1.807, 2.05) is 0 Å². The van der Waals surface area contributed by atoms with Crippen LogP contribution < -0.4 is 5.32 Å². The average Bonchev–Trinajstić information content (AvgIpc) is 2.47. The van der Waals surface area contributed by atoms with Crippen molar-refractivity contribution in [3.05, 3.63) is 53.1 Å². The first-order valence-electron chi connectivity index (χ1n) is 6.08. The molecule has 0 aliphatic carbocycles. The van der Waals surface area contributed by atoms with Gasteiger partial charge in [-0.2, -0.15) is 0 Å². The zero-order valence-corrected chi connectivity index (χ0v) is 12.3. The van der Waals surface area contributed by atoms with Crippen molar-refractivity contribution in [1.29, 1.82) is 0 Å². The summed E-state index contributed by atoms with van der Waals surface area (Å²) in [6.07, 6.45) is 2.67. The number of anilines is 1. The van der Waals surface area contributed by atoms with Gasteiger partial charge in [0.25, 0.3) is 11.8 Å². The van der Waals surface area contributed by atoms with Crippen molar-refractivity contribution in [1.82, 2.24) is 14.9 Å². The van der Waals surface area contributed by atoms with Crippen LogP contribution in [0, 0.1) is 0 Å².